The molecule has 1 atom stereocenters. The predicted molar refractivity (Wildman–Crippen MR) is 101 cm³/mol. The SMILES string of the molecule is CC1=C(C(=O)Nc2ccc3[nH]ncc3c2)C(c2sccc2C)NC(=O)N1. The predicted octanol–water partition coefficient (Wildman–Crippen LogP) is 3.20. The first-order valence-corrected chi connectivity index (χ1v) is 8.97. The molecule has 0 fully saturated rings. The lowest BCUT2D eigenvalue weighted by Gasteiger charge is -2.28. The lowest BCUT2D eigenvalue weighted by atomic mass is 9.98. The van der Waals surface area contributed by atoms with E-state index in [-0.39, 0.29) is 11.9 Å². The molecule has 0 bridgehead atoms. The number of H-pyrrole nitrogens is 1. The van der Waals surface area contributed by atoms with Gasteiger partial charge in [0.25, 0.3) is 5.91 Å². The molecule has 132 valence electrons. The van der Waals surface area contributed by atoms with Gasteiger partial charge in [-0.3, -0.25) is 9.89 Å². The van der Waals surface area contributed by atoms with Crippen LogP contribution in [-0.2, 0) is 4.79 Å². The molecule has 0 saturated carbocycles. The van der Waals surface area contributed by atoms with Crippen LogP contribution in [0.1, 0.15) is 23.4 Å². The number of aromatic nitrogens is 2. The van der Waals surface area contributed by atoms with Crippen LogP contribution in [0.15, 0.2) is 47.1 Å². The molecule has 1 aliphatic heterocycles. The molecule has 3 aromatic rings. The standard InChI is InChI=1S/C18H17N5O2S/c1-9-5-6-26-16(9)15-14(10(2)20-18(25)22-15)17(24)21-12-3-4-13-11(7-12)8-19-23-13/h3-8,15H,1-2H3,(H,19,23)(H,21,24)(H2,20,22,25). The highest BCUT2D eigenvalue weighted by Crippen LogP contribution is 2.33. The maximum atomic E-state index is 13.0. The zero-order valence-corrected chi connectivity index (χ0v) is 15.0. The maximum absolute atomic E-state index is 13.0. The lowest BCUT2D eigenvalue weighted by molar-refractivity contribution is -0.113. The second-order valence-corrected chi connectivity index (χ2v) is 7.11. The van der Waals surface area contributed by atoms with Gasteiger partial charge in [-0.05, 0) is 49.1 Å². The molecule has 7 nitrogen and oxygen atoms in total. The van der Waals surface area contributed by atoms with Crippen molar-refractivity contribution in [3.05, 3.63) is 57.6 Å². The largest absolute Gasteiger partial charge is 0.326 e. The fourth-order valence-corrected chi connectivity index (χ4v) is 4.08. The lowest BCUT2D eigenvalue weighted by Crippen LogP contribution is -2.45. The van der Waals surface area contributed by atoms with E-state index in [2.05, 4.69) is 26.1 Å². The third-order valence-corrected chi connectivity index (χ3v) is 5.46. The summed E-state index contributed by atoms with van der Waals surface area (Å²) in [5.74, 6) is -0.254. The highest BCUT2D eigenvalue weighted by molar-refractivity contribution is 7.10. The van der Waals surface area contributed by atoms with Crippen LogP contribution in [-0.4, -0.2) is 22.1 Å². The fraction of sp³-hybridized carbons (Fsp3) is 0.167. The summed E-state index contributed by atoms with van der Waals surface area (Å²) in [4.78, 5) is 25.9. The van der Waals surface area contributed by atoms with Crippen molar-refractivity contribution in [3.8, 4) is 0 Å². The molecular formula is C18H17N5O2S. The summed E-state index contributed by atoms with van der Waals surface area (Å²) in [6.45, 7) is 3.71. The molecule has 3 heterocycles. The molecular weight excluding hydrogens is 350 g/mol. The number of nitrogens with one attached hydrogen (secondary N) is 4. The fourth-order valence-electron chi connectivity index (χ4n) is 3.09. The minimum Gasteiger partial charge on any atom is -0.326 e. The Labute approximate surface area is 153 Å². The summed E-state index contributed by atoms with van der Waals surface area (Å²) in [6.07, 6.45) is 1.70. The molecule has 0 aliphatic carbocycles. The van der Waals surface area contributed by atoms with E-state index < -0.39 is 6.04 Å². The van der Waals surface area contributed by atoms with Crippen LogP contribution in [0.4, 0.5) is 10.5 Å². The van der Waals surface area contributed by atoms with Crippen molar-refractivity contribution in [2.45, 2.75) is 19.9 Å². The summed E-state index contributed by atoms with van der Waals surface area (Å²) in [6, 6.07) is 6.73. The zero-order valence-electron chi connectivity index (χ0n) is 14.2. The van der Waals surface area contributed by atoms with Gasteiger partial charge in [-0.15, -0.1) is 11.3 Å². The Kier molecular flexibility index (Phi) is 3.96. The van der Waals surface area contributed by atoms with Crippen molar-refractivity contribution in [3.63, 3.8) is 0 Å². The number of aryl methyl sites for hydroxylation is 1. The molecule has 4 N–H and O–H groups in total. The summed E-state index contributed by atoms with van der Waals surface area (Å²) in [5, 5.41) is 18.2. The number of thiophene rings is 1. The summed E-state index contributed by atoms with van der Waals surface area (Å²) < 4.78 is 0. The van der Waals surface area contributed by atoms with E-state index >= 15 is 0 Å². The molecule has 2 aromatic heterocycles. The van der Waals surface area contributed by atoms with Crippen molar-refractivity contribution < 1.29 is 9.59 Å². The van der Waals surface area contributed by atoms with Crippen LogP contribution in [0.5, 0.6) is 0 Å². The van der Waals surface area contributed by atoms with E-state index in [9.17, 15) is 9.59 Å². The summed E-state index contributed by atoms with van der Waals surface area (Å²) in [7, 11) is 0. The van der Waals surface area contributed by atoms with Gasteiger partial charge in [0, 0.05) is 21.6 Å². The van der Waals surface area contributed by atoms with Crippen LogP contribution in [0, 0.1) is 6.92 Å². The molecule has 26 heavy (non-hydrogen) atoms. The van der Waals surface area contributed by atoms with Gasteiger partial charge in [-0.25, -0.2) is 4.79 Å². The minimum atomic E-state index is -0.471. The number of hydrogen-bond acceptors (Lipinski definition) is 4. The number of aromatic amines is 1. The molecule has 8 heteroatoms. The van der Waals surface area contributed by atoms with Crippen LogP contribution in [0.2, 0.25) is 0 Å². The highest BCUT2D eigenvalue weighted by Gasteiger charge is 2.32. The van der Waals surface area contributed by atoms with E-state index in [1.165, 1.54) is 11.3 Å². The van der Waals surface area contributed by atoms with Gasteiger partial charge in [0.1, 0.15) is 0 Å². The molecule has 3 amide bonds. The van der Waals surface area contributed by atoms with Gasteiger partial charge < -0.3 is 16.0 Å². The number of nitrogens with zero attached hydrogens (tertiary/aromatic N) is 1. The zero-order chi connectivity index (χ0) is 18.3. The van der Waals surface area contributed by atoms with Crippen LogP contribution in [0.25, 0.3) is 10.9 Å². The van der Waals surface area contributed by atoms with Gasteiger partial charge in [0.05, 0.1) is 23.3 Å². The van der Waals surface area contributed by atoms with E-state index in [0.717, 1.165) is 21.3 Å². The topological polar surface area (TPSA) is 98.9 Å². The maximum Gasteiger partial charge on any atom is 0.319 e. The molecule has 0 saturated heterocycles. The van der Waals surface area contributed by atoms with Gasteiger partial charge in [-0.2, -0.15) is 5.10 Å². The Morgan fingerprint density at radius 1 is 1.27 bits per heavy atom. The molecule has 0 radical (unpaired) electrons. The molecule has 1 aliphatic rings. The second kappa shape index (κ2) is 6.30. The van der Waals surface area contributed by atoms with Crippen molar-refractivity contribution in [1.29, 1.82) is 0 Å². The monoisotopic (exact) mass is 367 g/mol. The Morgan fingerprint density at radius 3 is 2.88 bits per heavy atom. The molecule has 1 unspecified atom stereocenters. The first-order chi connectivity index (χ1) is 12.5. The van der Waals surface area contributed by atoms with Crippen molar-refractivity contribution in [2.75, 3.05) is 5.32 Å². The van der Waals surface area contributed by atoms with Crippen LogP contribution >= 0.6 is 11.3 Å². The number of fused-ring (bicyclic) bond motifs is 1. The number of amides is 3. The normalized spacial score (nSPS) is 17.2. The summed E-state index contributed by atoms with van der Waals surface area (Å²) in [5.41, 5.74) is 3.66. The minimum absolute atomic E-state index is 0.254. The quantitative estimate of drug-likeness (QED) is 0.572. The van der Waals surface area contributed by atoms with Crippen LogP contribution < -0.4 is 16.0 Å². The first-order valence-electron chi connectivity index (χ1n) is 8.09. The first kappa shape index (κ1) is 16.3. The number of benzene rings is 1. The number of anilines is 1. The smallest absolute Gasteiger partial charge is 0.319 e. The average Bonchev–Trinajstić information content (AvgIpc) is 3.22. The van der Waals surface area contributed by atoms with E-state index in [1.807, 2.05) is 36.6 Å². The number of allylic oxidation sites excluding steroid dienone is 1. The number of urea groups is 1. The van der Waals surface area contributed by atoms with Gasteiger partial charge in [-0.1, -0.05) is 0 Å². The Morgan fingerprint density at radius 2 is 2.12 bits per heavy atom. The van der Waals surface area contributed by atoms with Crippen molar-refractivity contribution in [2.24, 2.45) is 0 Å². The molecule has 4 rings (SSSR count). The Hall–Kier alpha value is -3.13. The van der Waals surface area contributed by atoms with Crippen LogP contribution in [0.3, 0.4) is 0 Å². The highest BCUT2D eigenvalue weighted by atomic mass is 32.1. The molecule has 1 aromatic carbocycles. The number of rotatable bonds is 3. The number of carbonyl (C=O) groups excluding carboxylic acids is 2. The van der Waals surface area contributed by atoms with E-state index in [1.54, 1.807) is 13.1 Å². The summed E-state index contributed by atoms with van der Waals surface area (Å²) >= 11 is 1.52. The van der Waals surface area contributed by atoms with Gasteiger partial charge in [0.2, 0.25) is 0 Å². The Balaban J connectivity index is 1.68. The Bertz CT molecular complexity index is 1050. The van der Waals surface area contributed by atoms with Gasteiger partial charge in [0.15, 0.2) is 0 Å². The van der Waals surface area contributed by atoms with E-state index in [4.69, 9.17) is 0 Å². The van der Waals surface area contributed by atoms with Crippen molar-refractivity contribution in [1.82, 2.24) is 20.8 Å². The third-order valence-electron chi connectivity index (χ3n) is 4.38. The number of hydrogen-bond donors (Lipinski definition) is 4. The second-order valence-electron chi connectivity index (χ2n) is 6.16. The third kappa shape index (κ3) is 2.84. The van der Waals surface area contributed by atoms with E-state index in [0.29, 0.717) is 17.0 Å². The van der Waals surface area contributed by atoms with Gasteiger partial charge >= 0.3 is 6.03 Å². The number of carbonyl (C=O) groups is 2. The average molecular weight is 367 g/mol. The molecule has 0 spiro atoms. The van der Waals surface area contributed by atoms with Crippen molar-refractivity contribution >= 4 is 39.9 Å².